The highest BCUT2D eigenvalue weighted by molar-refractivity contribution is 6.31. The monoisotopic (exact) mass is 261 g/mol. The number of hydrogen-bond donors (Lipinski definition) is 1. The Morgan fingerprint density at radius 1 is 1.17 bits per heavy atom. The van der Waals surface area contributed by atoms with Gasteiger partial charge in [-0.05, 0) is 36.6 Å². The van der Waals surface area contributed by atoms with E-state index in [-0.39, 0.29) is 11.9 Å². The summed E-state index contributed by atoms with van der Waals surface area (Å²) in [5, 5.41) is 3.92. The third-order valence-corrected chi connectivity index (χ3v) is 3.71. The van der Waals surface area contributed by atoms with Gasteiger partial charge in [-0.25, -0.2) is 4.39 Å². The summed E-state index contributed by atoms with van der Waals surface area (Å²) in [6.45, 7) is 0. The van der Waals surface area contributed by atoms with Gasteiger partial charge in [0.2, 0.25) is 0 Å². The maximum Gasteiger partial charge on any atom is 0.127 e. The summed E-state index contributed by atoms with van der Waals surface area (Å²) in [5.74, 6) is -0.222. The number of benzene rings is 2. The molecule has 2 aromatic rings. The molecule has 0 saturated carbocycles. The average molecular weight is 262 g/mol. The second-order valence-corrected chi connectivity index (χ2v) is 5.01. The van der Waals surface area contributed by atoms with Gasteiger partial charge in [0.15, 0.2) is 0 Å². The van der Waals surface area contributed by atoms with E-state index in [0.717, 1.165) is 12.1 Å². The number of hydrogen-bond acceptors (Lipinski definition) is 1. The summed E-state index contributed by atoms with van der Waals surface area (Å²) in [6.07, 6.45) is 1.53. The van der Waals surface area contributed by atoms with E-state index < -0.39 is 0 Å². The number of halogens is 2. The van der Waals surface area contributed by atoms with E-state index in [9.17, 15) is 4.39 Å². The first-order valence-corrected chi connectivity index (χ1v) is 6.39. The zero-order chi connectivity index (χ0) is 12.5. The number of fused-ring (bicyclic) bond motifs is 1. The predicted molar refractivity (Wildman–Crippen MR) is 72.7 cm³/mol. The number of nitrogens with one attached hydrogen (secondary N) is 1. The van der Waals surface area contributed by atoms with Gasteiger partial charge in [0.25, 0.3) is 0 Å². The maximum atomic E-state index is 13.7. The van der Waals surface area contributed by atoms with E-state index in [0.29, 0.717) is 17.0 Å². The van der Waals surface area contributed by atoms with Crippen molar-refractivity contribution in [1.29, 1.82) is 0 Å². The Bertz CT molecular complexity index is 537. The Balaban J connectivity index is 1.80. The highest BCUT2D eigenvalue weighted by atomic mass is 35.5. The van der Waals surface area contributed by atoms with Crippen molar-refractivity contribution < 1.29 is 4.39 Å². The van der Waals surface area contributed by atoms with Crippen LogP contribution in [-0.2, 0) is 12.8 Å². The fourth-order valence-corrected chi connectivity index (χ4v) is 2.71. The minimum Gasteiger partial charge on any atom is -0.381 e. The van der Waals surface area contributed by atoms with Gasteiger partial charge in [0.05, 0.1) is 0 Å². The number of rotatable bonds is 2. The summed E-state index contributed by atoms with van der Waals surface area (Å²) in [5.41, 5.74) is 3.04. The van der Waals surface area contributed by atoms with Crippen LogP contribution in [0.15, 0.2) is 42.5 Å². The van der Waals surface area contributed by atoms with Crippen molar-refractivity contribution in [1.82, 2.24) is 0 Å². The summed E-state index contributed by atoms with van der Waals surface area (Å²) < 4.78 is 13.7. The molecule has 3 rings (SSSR count). The van der Waals surface area contributed by atoms with Crippen LogP contribution in [0.1, 0.15) is 11.1 Å². The van der Waals surface area contributed by atoms with E-state index >= 15 is 0 Å². The van der Waals surface area contributed by atoms with E-state index in [1.165, 1.54) is 11.6 Å². The molecular weight excluding hydrogens is 249 g/mol. The number of anilines is 1. The standard InChI is InChI=1S/C15H13ClFN/c16-13-5-3-6-14(17)12(13)9-11-8-10-4-1-2-7-15(10)18-11/h1-7,11,18H,8-9H2. The van der Waals surface area contributed by atoms with Gasteiger partial charge in [-0.3, -0.25) is 0 Å². The first-order chi connectivity index (χ1) is 8.74. The molecule has 0 fully saturated rings. The lowest BCUT2D eigenvalue weighted by molar-refractivity contribution is 0.598. The van der Waals surface area contributed by atoms with Crippen molar-refractivity contribution in [2.24, 2.45) is 0 Å². The Hall–Kier alpha value is -1.54. The normalized spacial score (nSPS) is 17.3. The SMILES string of the molecule is Fc1cccc(Cl)c1CC1Cc2ccccc2N1. The molecule has 0 amide bonds. The largest absolute Gasteiger partial charge is 0.381 e. The number of para-hydroxylation sites is 1. The van der Waals surface area contributed by atoms with Crippen LogP contribution in [0.3, 0.4) is 0 Å². The Morgan fingerprint density at radius 3 is 2.78 bits per heavy atom. The van der Waals surface area contributed by atoms with Crippen LogP contribution in [0.5, 0.6) is 0 Å². The van der Waals surface area contributed by atoms with E-state index in [4.69, 9.17) is 11.6 Å². The Morgan fingerprint density at radius 2 is 2.00 bits per heavy atom. The van der Waals surface area contributed by atoms with E-state index in [2.05, 4.69) is 17.4 Å². The van der Waals surface area contributed by atoms with Gasteiger partial charge in [0, 0.05) is 22.3 Å². The molecule has 92 valence electrons. The third-order valence-electron chi connectivity index (χ3n) is 3.36. The van der Waals surface area contributed by atoms with Crippen LogP contribution in [-0.4, -0.2) is 6.04 Å². The molecule has 0 bridgehead atoms. The predicted octanol–water partition coefficient (Wildman–Crippen LogP) is 4.06. The Labute approximate surface area is 111 Å². The quantitative estimate of drug-likeness (QED) is 0.860. The van der Waals surface area contributed by atoms with Crippen LogP contribution < -0.4 is 5.32 Å². The van der Waals surface area contributed by atoms with Crippen LogP contribution in [0.4, 0.5) is 10.1 Å². The lowest BCUT2D eigenvalue weighted by Gasteiger charge is -2.13. The zero-order valence-electron chi connectivity index (χ0n) is 9.79. The molecule has 1 unspecified atom stereocenters. The minimum atomic E-state index is -0.222. The van der Waals surface area contributed by atoms with Crippen molar-refractivity contribution in [3.63, 3.8) is 0 Å². The molecule has 1 aliphatic rings. The van der Waals surface area contributed by atoms with Gasteiger partial charge >= 0.3 is 0 Å². The highest BCUT2D eigenvalue weighted by Crippen LogP contribution is 2.29. The molecule has 1 nitrogen and oxygen atoms in total. The minimum absolute atomic E-state index is 0.219. The molecule has 2 aromatic carbocycles. The molecule has 0 aliphatic carbocycles. The molecule has 1 N–H and O–H groups in total. The van der Waals surface area contributed by atoms with Gasteiger partial charge in [-0.2, -0.15) is 0 Å². The van der Waals surface area contributed by atoms with Crippen LogP contribution in [0.25, 0.3) is 0 Å². The molecule has 1 aliphatic heterocycles. The second-order valence-electron chi connectivity index (χ2n) is 4.61. The highest BCUT2D eigenvalue weighted by Gasteiger charge is 2.22. The van der Waals surface area contributed by atoms with Crippen molar-refractivity contribution in [3.8, 4) is 0 Å². The maximum absolute atomic E-state index is 13.7. The molecular formula is C15H13ClFN. The van der Waals surface area contributed by atoms with Gasteiger partial charge in [-0.15, -0.1) is 0 Å². The smallest absolute Gasteiger partial charge is 0.127 e. The van der Waals surface area contributed by atoms with Crippen molar-refractivity contribution in [3.05, 3.63) is 64.4 Å². The molecule has 3 heteroatoms. The first kappa shape index (κ1) is 11.5. The summed E-state index contributed by atoms with van der Waals surface area (Å²) in [7, 11) is 0. The van der Waals surface area contributed by atoms with E-state index in [1.54, 1.807) is 12.1 Å². The second kappa shape index (κ2) is 4.62. The third kappa shape index (κ3) is 2.08. The Kier molecular flexibility index (Phi) is 2.96. The molecule has 1 atom stereocenters. The summed E-state index contributed by atoms with van der Waals surface area (Å²) in [4.78, 5) is 0. The zero-order valence-corrected chi connectivity index (χ0v) is 10.5. The van der Waals surface area contributed by atoms with Gasteiger partial charge in [0.1, 0.15) is 5.82 Å². The lowest BCUT2D eigenvalue weighted by Crippen LogP contribution is -2.19. The van der Waals surface area contributed by atoms with Crippen molar-refractivity contribution >= 4 is 17.3 Å². The molecule has 0 radical (unpaired) electrons. The van der Waals surface area contributed by atoms with Crippen molar-refractivity contribution in [2.45, 2.75) is 18.9 Å². The van der Waals surface area contributed by atoms with Crippen LogP contribution in [0.2, 0.25) is 5.02 Å². The lowest BCUT2D eigenvalue weighted by atomic mass is 10.0. The van der Waals surface area contributed by atoms with Crippen molar-refractivity contribution in [2.75, 3.05) is 5.32 Å². The molecule has 18 heavy (non-hydrogen) atoms. The fourth-order valence-electron chi connectivity index (χ4n) is 2.47. The van der Waals surface area contributed by atoms with E-state index in [1.807, 2.05) is 12.1 Å². The van der Waals surface area contributed by atoms with Gasteiger partial charge in [-0.1, -0.05) is 35.9 Å². The van der Waals surface area contributed by atoms with Gasteiger partial charge < -0.3 is 5.32 Å². The average Bonchev–Trinajstić information content (AvgIpc) is 2.76. The van der Waals surface area contributed by atoms with Crippen LogP contribution in [0, 0.1) is 5.82 Å². The molecule has 1 heterocycles. The van der Waals surface area contributed by atoms with Crippen LogP contribution >= 0.6 is 11.6 Å². The first-order valence-electron chi connectivity index (χ1n) is 6.01. The summed E-state index contributed by atoms with van der Waals surface area (Å²) in [6, 6.07) is 13.2. The topological polar surface area (TPSA) is 12.0 Å². The molecule has 0 aromatic heterocycles. The fraction of sp³-hybridized carbons (Fsp3) is 0.200. The summed E-state index contributed by atoms with van der Waals surface area (Å²) >= 11 is 6.05. The molecule has 0 spiro atoms. The molecule has 0 saturated heterocycles.